The lowest BCUT2D eigenvalue weighted by atomic mass is 10.1. The van der Waals surface area contributed by atoms with Gasteiger partial charge in [-0.25, -0.2) is 0 Å². The number of benzene rings is 1. The van der Waals surface area contributed by atoms with Gasteiger partial charge in [0.25, 0.3) is 5.91 Å². The first kappa shape index (κ1) is 12.2. The number of hydrogen-bond donors (Lipinski definition) is 2. The maximum Gasteiger partial charge on any atom is 0.251 e. The third-order valence-corrected chi connectivity index (χ3v) is 2.52. The molecule has 1 amide bonds. The van der Waals surface area contributed by atoms with Crippen molar-refractivity contribution in [3.8, 4) is 0 Å². The number of amides is 1. The largest absolute Gasteiger partial charge is 0.350 e. The molecule has 4 heteroatoms. The Balaban J connectivity index is 2.77. The van der Waals surface area contributed by atoms with Crippen molar-refractivity contribution < 1.29 is 4.79 Å². The molecular weight excluding hydrogens is 256 g/mol. The quantitative estimate of drug-likeness (QED) is 0.881. The van der Waals surface area contributed by atoms with E-state index in [2.05, 4.69) is 21.2 Å². The first-order valence-corrected chi connectivity index (χ1v) is 5.60. The van der Waals surface area contributed by atoms with E-state index in [0.29, 0.717) is 12.1 Å². The van der Waals surface area contributed by atoms with E-state index in [9.17, 15) is 4.79 Å². The summed E-state index contributed by atoms with van der Waals surface area (Å²) in [4.78, 5) is 11.7. The molecule has 0 fully saturated rings. The van der Waals surface area contributed by atoms with Crippen LogP contribution in [0.25, 0.3) is 0 Å². The molecule has 1 atom stereocenters. The summed E-state index contributed by atoms with van der Waals surface area (Å²) >= 11 is 3.34. The molecule has 0 spiro atoms. The van der Waals surface area contributed by atoms with E-state index in [-0.39, 0.29) is 11.9 Å². The topological polar surface area (TPSA) is 55.1 Å². The van der Waals surface area contributed by atoms with Gasteiger partial charge in [0.1, 0.15) is 0 Å². The van der Waals surface area contributed by atoms with Crippen LogP contribution in [0, 0.1) is 6.92 Å². The van der Waals surface area contributed by atoms with Crippen LogP contribution in [-0.4, -0.2) is 18.5 Å². The van der Waals surface area contributed by atoms with Gasteiger partial charge in [-0.05, 0) is 31.5 Å². The second-order valence-corrected chi connectivity index (χ2v) is 4.56. The lowest BCUT2D eigenvalue weighted by molar-refractivity contribution is 0.0951. The van der Waals surface area contributed by atoms with Crippen molar-refractivity contribution in [2.45, 2.75) is 19.9 Å². The van der Waals surface area contributed by atoms with Crippen molar-refractivity contribution in [2.24, 2.45) is 5.73 Å². The number of carbonyl (C=O) groups is 1. The van der Waals surface area contributed by atoms with Gasteiger partial charge in [-0.2, -0.15) is 0 Å². The highest BCUT2D eigenvalue weighted by Gasteiger charge is 2.09. The molecule has 0 heterocycles. The molecule has 0 saturated heterocycles. The smallest absolute Gasteiger partial charge is 0.251 e. The fourth-order valence-corrected chi connectivity index (χ4v) is 1.55. The zero-order valence-electron chi connectivity index (χ0n) is 8.88. The SMILES string of the molecule is Cc1ccc(Br)cc1C(=O)NCC(C)N. The maximum atomic E-state index is 11.7. The van der Waals surface area contributed by atoms with Crippen LogP contribution < -0.4 is 11.1 Å². The third kappa shape index (κ3) is 3.64. The summed E-state index contributed by atoms with van der Waals surface area (Å²) in [6, 6.07) is 5.61. The summed E-state index contributed by atoms with van der Waals surface area (Å²) in [5.74, 6) is -0.0777. The minimum absolute atomic E-state index is 0.0265. The molecule has 1 unspecified atom stereocenters. The van der Waals surface area contributed by atoms with Gasteiger partial charge in [0.2, 0.25) is 0 Å². The van der Waals surface area contributed by atoms with E-state index in [1.54, 1.807) is 0 Å². The Bertz CT molecular complexity index is 364. The van der Waals surface area contributed by atoms with Crippen molar-refractivity contribution in [1.29, 1.82) is 0 Å². The van der Waals surface area contributed by atoms with Crippen molar-refractivity contribution in [1.82, 2.24) is 5.32 Å². The standard InChI is InChI=1S/C11H15BrN2O/c1-7-3-4-9(12)5-10(7)11(15)14-6-8(2)13/h3-5,8H,6,13H2,1-2H3,(H,14,15). The van der Waals surface area contributed by atoms with Crippen LogP contribution in [0.5, 0.6) is 0 Å². The van der Waals surface area contributed by atoms with Gasteiger partial charge in [0.05, 0.1) is 0 Å². The summed E-state index contributed by atoms with van der Waals surface area (Å²) in [6.45, 7) is 4.26. The molecule has 1 aromatic rings. The molecule has 0 saturated carbocycles. The van der Waals surface area contributed by atoms with E-state index in [1.165, 1.54) is 0 Å². The number of carbonyl (C=O) groups excluding carboxylic acids is 1. The van der Waals surface area contributed by atoms with E-state index < -0.39 is 0 Å². The van der Waals surface area contributed by atoms with Crippen LogP contribution in [0.4, 0.5) is 0 Å². The van der Waals surface area contributed by atoms with Gasteiger partial charge in [-0.1, -0.05) is 22.0 Å². The minimum atomic E-state index is -0.0777. The molecule has 0 aliphatic rings. The van der Waals surface area contributed by atoms with Crippen molar-refractivity contribution >= 4 is 21.8 Å². The molecular formula is C11H15BrN2O. The Labute approximate surface area is 98.2 Å². The zero-order valence-corrected chi connectivity index (χ0v) is 10.5. The number of nitrogens with one attached hydrogen (secondary N) is 1. The monoisotopic (exact) mass is 270 g/mol. The second-order valence-electron chi connectivity index (χ2n) is 3.65. The van der Waals surface area contributed by atoms with Crippen LogP contribution in [-0.2, 0) is 0 Å². The van der Waals surface area contributed by atoms with Crippen LogP contribution in [0.3, 0.4) is 0 Å². The number of halogens is 1. The van der Waals surface area contributed by atoms with Gasteiger partial charge in [0.15, 0.2) is 0 Å². The van der Waals surface area contributed by atoms with Gasteiger partial charge in [-0.15, -0.1) is 0 Å². The van der Waals surface area contributed by atoms with E-state index >= 15 is 0 Å². The van der Waals surface area contributed by atoms with Gasteiger partial charge in [-0.3, -0.25) is 4.79 Å². The van der Waals surface area contributed by atoms with Gasteiger partial charge < -0.3 is 11.1 Å². The lowest BCUT2D eigenvalue weighted by Crippen LogP contribution is -2.35. The molecule has 82 valence electrons. The first-order valence-electron chi connectivity index (χ1n) is 4.80. The van der Waals surface area contributed by atoms with Crippen LogP contribution >= 0.6 is 15.9 Å². The third-order valence-electron chi connectivity index (χ3n) is 2.03. The van der Waals surface area contributed by atoms with Gasteiger partial charge >= 0.3 is 0 Å². The highest BCUT2D eigenvalue weighted by Crippen LogP contribution is 2.15. The number of nitrogens with two attached hydrogens (primary N) is 1. The van der Waals surface area contributed by atoms with E-state index in [4.69, 9.17) is 5.73 Å². The molecule has 1 rings (SSSR count). The summed E-state index contributed by atoms with van der Waals surface area (Å²) in [5, 5.41) is 2.78. The lowest BCUT2D eigenvalue weighted by Gasteiger charge is -2.09. The summed E-state index contributed by atoms with van der Waals surface area (Å²) < 4.78 is 0.902. The highest BCUT2D eigenvalue weighted by atomic mass is 79.9. The normalized spacial score (nSPS) is 12.3. The van der Waals surface area contributed by atoms with Gasteiger partial charge in [0, 0.05) is 22.6 Å². The average Bonchev–Trinajstić information content (AvgIpc) is 2.18. The van der Waals surface area contributed by atoms with Crippen LogP contribution in [0.2, 0.25) is 0 Å². The highest BCUT2D eigenvalue weighted by molar-refractivity contribution is 9.10. The molecule has 0 aromatic heterocycles. The second kappa shape index (κ2) is 5.28. The first-order chi connectivity index (χ1) is 7.00. The number of rotatable bonds is 3. The van der Waals surface area contributed by atoms with Crippen LogP contribution in [0.15, 0.2) is 22.7 Å². The molecule has 1 aromatic carbocycles. The fraction of sp³-hybridized carbons (Fsp3) is 0.364. The summed E-state index contributed by atoms with van der Waals surface area (Å²) in [6.07, 6.45) is 0. The van der Waals surface area contributed by atoms with Crippen molar-refractivity contribution in [3.05, 3.63) is 33.8 Å². The van der Waals surface area contributed by atoms with Crippen LogP contribution in [0.1, 0.15) is 22.8 Å². The average molecular weight is 271 g/mol. The Morgan fingerprint density at radius 1 is 1.60 bits per heavy atom. The maximum absolute atomic E-state index is 11.7. The summed E-state index contributed by atoms with van der Waals surface area (Å²) in [5.41, 5.74) is 7.21. The van der Waals surface area contributed by atoms with E-state index in [1.807, 2.05) is 32.0 Å². The Morgan fingerprint density at radius 2 is 2.27 bits per heavy atom. The molecule has 3 nitrogen and oxygen atoms in total. The minimum Gasteiger partial charge on any atom is -0.350 e. The summed E-state index contributed by atoms with van der Waals surface area (Å²) in [7, 11) is 0. The molecule has 0 radical (unpaired) electrons. The van der Waals surface area contributed by atoms with Crippen molar-refractivity contribution in [3.63, 3.8) is 0 Å². The molecule has 0 aliphatic carbocycles. The number of hydrogen-bond acceptors (Lipinski definition) is 2. The Hall–Kier alpha value is -0.870. The molecule has 0 bridgehead atoms. The number of aryl methyl sites for hydroxylation is 1. The van der Waals surface area contributed by atoms with E-state index in [0.717, 1.165) is 10.0 Å². The predicted octanol–water partition coefficient (Wildman–Crippen LogP) is 1.83. The predicted molar refractivity (Wildman–Crippen MR) is 64.9 cm³/mol. The zero-order chi connectivity index (χ0) is 11.4. The molecule has 0 aliphatic heterocycles. The molecule has 15 heavy (non-hydrogen) atoms. The fourth-order valence-electron chi connectivity index (χ4n) is 1.19. The Morgan fingerprint density at radius 3 is 2.87 bits per heavy atom. The molecule has 3 N–H and O–H groups in total. The van der Waals surface area contributed by atoms with Crippen molar-refractivity contribution in [2.75, 3.05) is 6.54 Å². The Kier molecular flexibility index (Phi) is 4.29.